The third kappa shape index (κ3) is 3.72. The van der Waals surface area contributed by atoms with Crippen molar-refractivity contribution in [3.05, 3.63) is 0 Å². The predicted molar refractivity (Wildman–Crippen MR) is 47.1 cm³/mol. The van der Waals surface area contributed by atoms with Crippen molar-refractivity contribution in [2.24, 2.45) is 5.41 Å². The highest BCUT2D eigenvalue weighted by molar-refractivity contribution is 5.73. The van der Waals surface area contributed by atoms with Crippen LogP contribution in [0.4, 0.5) is 0 Å². The molecule has 1 unspecified atom stereocenters. The van der Waals surface area contributed by atoms with Crippen LogP contribution in [0, 0.1) is 5.41 Å². The smallest absolute Gasteiger partial charge is 0.333 e. The first kappa shape index (κ1) is 11.4. The Balaban J connectivity index is 4.15. The lowest BCUT2D eigenvalue weighted by Gasteiger charge is -2.26. The first-order valence-electron chi connectivity index (χ1n) is 4.24. The second-order valence-electron chi connectivity index (χ2n) is 3.96. The molecule has 0 rings (SSSR count). The number of hydrogen-bond acceptors (Lipinski definition) is 2. The van der Waals surface area contributed by atoms with Gasteiger partial charge in [-0.3, -0.25) is 0 Å². The van der Waals surface area contributed by atoms with E-state index in [1.54, 1.807) is 0 Å². The molecule has 0 aliphatic carbocycles. The fourth-order valence-corrected chi connectivity index (χ4v) is 0.927. The van der Waals surface area contributed by atoms with Crippen molar-refractivity contribution in [2.45, 2.75) is 40.2 Å². The largest absolute Gasteiger partial charge is 0.479 e. The molecular weight excluding hydrogens is 156 g/mol. The maximum atomic E-state index is 10.7. The van der Waals surface area contributed by atoms with Gasteiger partial charge in [0.25, 0.3) is 0 Å². The Labute approximate surface area is 73.7 Å². The quantitative estimate of drug-likeness (QED) is 0.708. The van der Waals surface area contributed by atoms with Crippen LogP contribution in [0.25, 0.3) is 0 Å². The molecule has 0 aromatic carbocycles. The lowest BCUT2D eigenvalue weighted by molar-refractivity contribution is -0.158. The van der Waals surface area contributed by atoms with Crippen LogP contribution in [-0.2, 0) is 9.53 Å². The Morgan fingerprint density at radius 2 is 2.00 bits per heavy atom. The number of hydrogen-bond donors (Lipinski definition) is 1. The standard InChI is InChI=1S/C9H18O3/c1-5-6-12-7(8(10)11)9(2,3)4/h7H,5-6H2,1-4H3,(H,10,11). The molecule has 3 nitrogen and oxygen atoms in total. The Kier molecular flexibility index (Phi) is 4.24. The maximum absolute atomic E-state index is 10.7. The zero-order valence-electron chi connectivity index (χ0n) is 8.26. The lowest BCUT2D eigenvalue weighted by atomic mass is 9.89. The molecule has 3 heteroatoms. The van der Waals surface area contributed by atoms with Crippen LogP contribution in [0.3, 0.4) is 0 Å². The summed E-state index contributed by atoms with van der Waals surface area (Å²) in [5.74, 6) is -0.879. The molecule has 0 bridgehead atoms. The van der Waals surface area contributed by atoms with Crippen molar-refractivity contribution in [3.8, 4) is 0 Å². The number of carbonyl (C=O) groups is 1. The first-order chi connectivity index (χ1) is 5.39. The molecule has 0 aliphatic rings. The van der Waals surface area contributed by atoms with Crippen LogP contribution in [0.1, 0.15) is 34.1 Å². The normalized spacial score (nSPS) is 14.3. The molecule has 0 saturated carbocycles. The zero-order chi connectivity index (χ0) is 9.78. The minimum Gasteiger partial charge on any atom is -0.479 e. The monoisotopic (exact) mass is 174 g/mol. The van der Waals surface area contributed by atoms with Gasteiger partial charge in [-0.1, -0.05) is 27.7 Å². The summed E-state index contributed by atoms with van der Waals surface area (Å²) in [5.41, 5.74) is -0.332. The van der Waals surface area contributed by atoms with Crippen molar-refractivity contribution in [2.75, 3.05) is 6.61 Å². The van der Waals surface area contributed by atoms with Gasteiger partial charge < -0.3 is 9.84 Å². The third-order valence-electron chi connectivity index (χ3n) is 1.50. The van der Waals surface area contributed by atoms with E-state index in [9.17, 15) is 4.79 Å². The summed E-state index contributed by atoms with van der Waals surface area (Å²) in [4.78, 5) is 10.7. The van der Waals surface area contributed by atoms with Crippen LogP contribution in [-0.4, -0.2) is 23.8 Å². The van der Waals surface area contributed by atoms with Crippen LogP contribution >= 0.6 is 0 Å². The van der Waals surface area contributed by atoms with Gasteiger partial charge in [-0.15, -0.1) is 0 Å². The minimum absolute atomic E-state index is 0.332. The topological polar surface area (TPSA) is 46.5 Å². The van der Waals surface area contributed by atoms with Gasteiger partial charge in [-0.25, -0.2) is 4.79 Å². The first-order valence-corrected chi connectivity index (χ1v) is 4.24. The highest BCUT2D eigenvalue weighted by Crippen LogP contribution is 2.22. The fraction of sp³-hybridized carbons (Fsp3) is 0.889. The van der Waals surface area contributed by atoms with Crippen molar-refractivity contribution in [3.63, 3.8) is 0 Å². The molecular formula is C9H18O3. The second kappa shape index (κ2) is 4.45. The van der Waals surface area contributed by atoms with Crippen molar-refractivity contribution in [1.29, 1.82) is 0 Å². The van der Waals surface area contributed by atoms with Crippen LogP contribution in [0.2, 0.25) is 0 Å². The molecule has 0 spiro atoms. The summed E-state index contributed by atoms with van der Waals surface area (Å²) in [6.07, 6.45) is 0.150. The van der Waals surface area contributed by atoms with E-state index in [-0.39, 0.29) is 5.41 Å². The second-order valence-corrected chi connectivity index (χ2v) is 3.96. The van der Waals surface area contributed by atoms with Gasteiger partial charge in [-0.2, -0.15) is 0 Å². The molecule has 0 heterocycles. The number of rotatable bonds is 4. The van der Waals surface area contributed by atoms with E-state index in [1.165, 1.54) is 0 Å². The van der Waals surface area contributed by atoms with Crippen molar-refractivity contribution in [1.82, 2.24) is 0 Å². The molecule has 0 radical (unpaired) electrons. The van der Waals surface area contributed by atoms with Gasteiger partial charge in [0.1, 0.15) is 0 Å². The van der Waals surface area contributed by atoms with Crippen molar-refractivity contribution >= 4 is 5.97 Å². The van der Waals surface area contributed by atoms with E-state index < -0.39 is 12.1 Å². The van der Waals surface area contributed by atoms with Crippen LogP contribution in [0.5, 0.6) is 0 Å². The summed E-state index contributed by atoms with van der Waals surface area (Å²) >= 11 is 0. The predicted octanol–water partition coefficient (Wildman–Crippen LogP) is 1.91. The number of carboxylic acids is 1. The molecule has 1 N–H and O–H groups in total. The average Bonchev–Trinajstić information content (AvgIpc) is 1.84. The molecule has 0 amide bonds. The summed E-state index contributed by atoms with van der Waals surface area (Å²) in [6, 6.07) is 0. The van der Waals surface area contributed by atoms with Gasteiger partial charge in [0, 0.05) is 6.61 Å². The van der Waals surface area contributed by atoms with E-state index in [1.807, 2.05) is 27.7 Å². The zero-order valence-corrected chi connectivity index (χ0v) is 8.26. The number of ether oxygens (including phenoxy) is 1. The van der Waals surface area contributed by atoms with Crippen LogP contribution in [0.15, 0.2) is 0 Å². The molecule has 72 valence electrons. The number of aliphatic carboxylic acids is 1. The van der Waals surface area contributed by atoms with Crippen LogP contribution < -0.4 is 0 Å². The highest BCUT2D eigenvalue weighted by Gasteiger charge is 2.31. The van der Waals surface area contributed by atoms with Gasteiger partial charge in [0.05, 0.1) is 0 Å². The molecule has 12 heavy (non-hydrogen) atoms. The Morgan fingerprint density at radius 3 is 2.25 bits per heavy atom. The van der Waals surface area contributed by atoms with Gasteiger partial charge in [0.15, 0.2) is 6.10 Å². The van der Waals surface area contributed by atoms with E-state index in [2.05, 4.69) is 0 Å². The third-order valence-corrected chi connectivity index (χ3v) is 1.50. The summed E-state index contributed by atoms with van der Waals surface area (Å²) in [6.45, 7) is 8.06. The van der Waals surface area contributed by atoms with E-state index in [4.69, 9.17) is 9.84 Å². The highest BCUT2D eigenvalue weighted by atomic mass is 16.5. The minimum atomic E-state index is -0.879. The Bertz CT molecular complexity index is 146. The van der Waals surface area contributed by atoms with Gasteiger partial charge in [-0.05, 0) is 11.8 Å². The van der Waals surface area contributed by atoms with Gasteiger partial charge >= 0.3 is 5.97 Å². The van der Waals surface area contributed by atoms with Crippen molar-refractivity contribution < 1.29 is 14.6 Å². The Morgan fingerprint density at radius 1 is 1.50 bits per heavy atom. The molecule has 0 aliphatic heterocycles. The molecule has 0 saturated heterocycles. The lowest BCUT2D eigenvalue weighted by Crippen LogP contribution is -2.37. The SMILES string of the molecule is CCCOC(C(=O)O)C(C)(C)C. The average molecular weight is 174 g/mol. The van der Waals surface area contributed by atoms with E-state index >= 15 is 0 Å². The fourth-order valence-electron chi connectivity index (χ4n) is 0.927. The van der Waals surface area contributed by atoms with Gasteiger partial charge in [0.2, 0.25) is 0 Å². The Hall–Kier alpha value is -0.570. The summed E-state index contributed by atoms with van der Waals surface area (Å²) < 4.78 is 5.22. The number of carboxylic acid groups (broad SMARTS) is 1. The van der Waals surface area contributed by atoms with E-state index in [0.717, 1.165) is 6.42 Å². The molecule has 1 atom stereocenters. The molecule has 0 aromatic rings. The summed E-state index contributed by atoms with van der Waals surface area (Å²) in [7, 11) is 0. The molecule has 0 aromatic heterocycles. The summed E-state index contributed by atoms with van der Waals surface area (Å²) in [5, 5.41) is 8.81. The molecule has 0 fully saturated rings. The van der Waals surface area contributed by atoms with E-state index in [0.29, 0.717) is 6.61 Å². The maximum Gasteiger partial charge on any atom is 0.333 e.